The molecule has 1 fully saturated rings. The van der Waals surface area contributed by atoms with Crippen LogP contribution in [-0.4, -0.2) is 35.0 Å². The number of nitrogens with zero attached hydrogens (tertiary/aromatic N) is 3. The number of rotatable bonds is 4. The summed E-state index contributed by atoms with van der Waals surface area (Å²) in [5.41, 5.74) is 1.52. The Balaban J connectivity index is 1.55. The molecule has 3 aromatic rings. The van der Waals surface area contributed by atoms with Gasteiger partial charge >= 0.3 is 0 Å². The molecule has 0 radical (unpaired) electrons. The average molecular weight is 381 g/mol. The summed E-state index contributed by atoms with van der Waals surface area (Å²) in [6.45, 7) is 1.51. The van der Waals surface area contributed by atoms with Gasteiger partial charge in [-0.1, -0.05) is 29.8 Å². The van der Waals surface area contributed by atoms with Gasteiger partial charge in [-0.2, -0.15) is 0 Å². The van der Waals surface area contributed by atoms with E-state index in [1.807, 2.05) is 48.5 Å². The van der Waals surface area contributed by atoms with Gasteiger partial charge in [-0.15, -0.1) is 0 Å². The number of halogens is 1. The van der Waals surface area contributed by atoms with Crippen LogP contribution in [0.5, 0.6) is 0 Å². The fourth-order valence-electron chi connectivity index (χ4n) is 3.64. The molecule has 0 spiro atoms. The van der Waals surface area contributed by atoms with Crippen LogP contribution < -0.4 is 10.2 Å². The highest BCUT2D eigenvalue weighted by Crippen LogP contribution is 2.30. The maximum Gasteiger partial charge on any atom is 0.251 e. The molecular weight excluding hydrogens is 360 g/mol. The molecule has 0 aliphatic carbocycles. The molecule has 1 N–H and O–H groups in total. The third kappa shape index (κ3) is 3.88. The normalized spacial score (nSPS) is 17.1. The van der Waals surface area contributed by atoms with Crippen molar-refractivity contribution < 1.29 is 4.79 Å². The van der Waals surface area contributed by atoms with E-state index < -0.39 is 0 Å². The summed E-state index contributed by atoms with van der Waals surface area (Å²) in [6, 6.07) is 15.2. The van der Waals surface area contributed by atoms with Gasteiger partial charge in [-0.05, 0) is 49.6 Å². The number of benzene rings is 2. The summed E-state index contributed by atoms with van der Waals surface area (Å²) in [7, 11) is 0. The average Bonchev–Trinajstić information content (AvgIpc) is 2.72. The lowest BCUT2D eigenvalue weighted by Crippen LogP contribution is -2.47. The lowest BCUT2D eigenvalue weighted by Gasteiger charge is -2.37. The molecule has 5 nitrogen and oxygen atoms in total. The highest BCUT2D eigenvalue weighted by molar-refractivity contribution is 6.31. The van der Waals surface area contributed by atoms with Crippen molar-refractivity contribution in [3.63, 3.8) is 0 Å². The van der Waals surface area contributed by atoms with Crippen molar-refractivity contribution in [2.45, 2.75) is 25.3 Å². The molecule has 1 atom stereocenters. The predicted octanol–water partition coefficient (Wildman–Crippen LogP) is 4.07. The number of hydrogen-bond donors (Lipinski definition) is 1. The maximum atomic E-state index is 12.4. The van der Waals surface area contributed by atoms with Gasteiger partial charge in [-0.3, -0.25) is 4.79 Å². The van der Waals surface area contributed by atoms with Crippen LogP contribution in [0.15, 0.2) is 54.9 Å². The second-order valence-corrected chi connectivity index (χ2v) is 7.21. The molecule has 2 aromatic carbocycles. The van der Waals surface area contributed by atoms with Gasteiger partial charge in [0.15, 0.2) is 0 Å². The molecule has 1 amide bonds. The van der Waals surface area contributed by atoms with E-state index in [2.05, 4.69) is 20.2 Å². The molecule has 0 bridgehead atoms. The number of piperidine rings is 1. The summed E-state index contributed by atoms with van der Waals surface area (Å²) in [6.07, 6.45) is 4.87. The molecule has 1 aromatic heterocycles. The predicted molar refractivity (Wildman–Crippen MR) is 108 cm³/mol. The van der Waals surface area contributed by atoms with Gasteiger partial charge in [0.2, 0.25) is 0 Å². The molecule has 1 saturated heterocycles. The Kier molecular flexibility index (Phi) is 5.21. The zero-order valence-electron chi connectivity index (χ0n) is 14.9. The number of aromatic nitrogens is 2. The first-order valence-electron chi connectivity index (χ1n) is 9.22. The highest BCUT2D eigenvalue weighted by atomic mass is 35.5. The number of nitrogens with one attached hydrogen (secondary N) is 1. The first-order valence-corrected chi connectivity index (χ1v) is 9.60. The molecule has 1 unspecified atom stereocenters. The second kappa shape index (κ2) is 7.92. The van der Waals surface area contributed by atoms with E-state index in [0.717, 1.165) is 42.5 Å². The van der Waals surface area contributed by atoms with E-state index >= 15 is 0 Å². The van der Waals surface area contributed by atoms with Crippen LogP contribution in [-0.2, 0) is 0 Å². The van der Waals surface area contributed by atoms with Crippen molar-refractivity contribution in [3.05, 3.63) is 65.4 Å². The molecule has 6 heteroatoms. The molecule has 2 heterocycles. The molecule has 138 valence electrons. The van der Waals surface area contributed by atoms with Crippen molar-refractivity contribution in [3.8, 4) is 0 Å². The lowest BCUT2D eigenvalue weighted by molar-refractivity contribution is 0.0949. The zero-order chi connectivity index (χ0) is 18.6. The summed E-state index contributed by atoms with van der Waals surface area (Å²) in [5, 5.41) is 4.73. The van der Waals surface area contributed by atoms with Crippen molar-refractivity contribution in [2.75, 3.05) is 18.0 Å². The van der Waals surface area contributed by atoms with Gasteiger partial charge in [-0.25, -0.2) is 9.97 Å². The van der Waals surface area contributed by atoms with E-state index in [0.29, 0.717) is 17.1 Å². The number of fused-ring (bicyclic) bond motifs is 1. The minimum Gasteiger partial charge on any atom is -0.351 e. The van der Waals surface area contributed by atoms with Crippen LogP contribution in [0.25, 0.3) is 10.9 Å². The Bertz CT molecular complexity index is 947. The minimum absolute atomic E-state index is 0.0412. The first kappa shape index (κ1) is 17.7. The fraction of sp³-hybridized carbons (Fsp3) is 0.286. The Morgan fingerprint density at radius 2 is 2.00 bits per heavy atom. The Labute approximate surface area is 163 Å². The van der Waals surface area contributed by atoms with Gasteiger partial charge in [0.1, 0.15) is 12.1 Å². The smallest absolute Gasteiger partial charge is 0.251 e. The number of amides is 1. The van der Waals surface area contributed by atoms with Crippen molar-refractivity contribution in [1.82, 2.24) is 15.3 Å². The van der Waals surface area contributed by atoms with E-state index in [9.17, 15) is 4.79 Å². The van der Waals surface area contributed by atoms with E-state index in [4.69, 9.17) is 11.6 Å². The van der Waals surface area contributed by atoms with Crippen LogP contribution in [0.3, 0.4) is 0 Å². The third-order valence-corrected chi connectivity index (χ3v) is 5.25. The largest absolute Gasteiger partial charge is 0.351 e. The SMILES string of the molecule is O=C(NCC1CCCCN1c1ncnc2cc(Cl)ccc12)c1ccccc1. The molecule has 1 aliphatic heterocycles. The summed E-state index contributed by atoms with van der Waals surface area (Å²) < 4.78 is 0. The van der Waals surface area contributed by atoms with Gasteiger partial charge in [0.25, 0.3) is 5.91 Å². The van der Waals surface area contributed by atoms with E-state index in [1.54, 1.807) is 6.33 Å². The van der Waals surface area contributed by atoms with Crippen molar-refractivity contribution in [1.29, 1.82) is 0 Å². The van der Waals surface area contributed by atoms with Crippen LogP contribution in [0.4, 0.5) is 5.82 Å². The first-order chi connectivity index (χ1) is 13.2. The zero-order valence-corrected chi connectivity index (χ0v) is 15.7. The Hall–Kier alpha value is -2.66. The van der Waals surface area contributed by atoms with E-state index in [-0.39, 0.29) is 11.9 Å². The Morgan fingerprint density at radius 1 is 1.15 bits per heavy atom. The molecule has 1 aliphatic rings. The standard InChI is InChI=1S/C21H21ClN4O/c22-16-9-10-18-19(12-16)24-14-25-20(18)26-11-5-4-8-17(26)13-23-21(27)15-6-2-1-3-7-15/h1-3,6-7,9-10,12,14,17H,4-5,8,11,13H2,(H,23,27). The number of anilines is 1. The van der Waals surface area contributed by atoms with Gasteiger partial charge in [0.05, 0.1) is 5.52 Å². The monoisotopic (exact) mass is 380 g/mol. The quantitative estimate of drug-likeness (QED) is 0.741. The third-order valence-electron chi connectivity index (χ3n) is 5.01. The second-order valence-electron chi connectivity index (χ2n) is 6.78. The maximum absolute atomic E-state index is 12.4. The molecular formula is C21H21ClN4O. The molecule has 4 rings (SSSR count). The van der Waals surface area contributed by atoms with Crippen LogP contribution in [0.1, 0.15) is 29.6 Å². The summed E-state index contributed by atoms with van der Waals surface area (Å²) >= 11 is 6.11. The molecule has 0 saturated carbocycles. The summed E-state index contributed by atoms with van der Waals surface area (Å²) in [4.78, 5) is 23.6. The van der Waals surface area contributed by atoms with Crippen molar-refractivity contribution >= 4 is 34.2 Å². The lowest BCUT2D eigenvalue weighted by atomic mass is 10.0. The topological polar surface area (TPSA) is 58.1 Å². The summed E-state index contributed by atoms with van der Waals surface area (Å²) in [5.74, 6) is 0.871. The van der Waals surface area contributed by atoms with Crippen LogP contribution in [0.2, 0.25) is 5.02 Å². The van der Waals surface area contributed by atoms with Gasteiger partial charge in [0, 0.05) is 35.1 Å². The minimum atomic E-state index is -0.0412. The van der Waals surface area contributed by atoms with Crippen LogP contribution in [0, 0.1) is 0 Å². The number of hydrogen-bond acceptors (Lipinski definition) is 4. The molecule has 27 heavy (non-hydrogen) atoms. The number of carbonyl (C=O) groups excluding carboxylic acids is 1. The fourth-order valence-corrected chi connectivity index (χ4v) is 3.80. The van der Waals surface area contributed by atoms with Crippen molar-refractivity contribution in [2.24, 2.45) is 0 Å². The Morgan fingerprint density at radius 3 is 2.85 bits per heavy atom. The number of carbonyl (C=O) groups is 1. The van der Waals surface area contributed by atoms with E-state index in [1.165, 1.54) is 0 Å². The van der Waals surface area contributed by atoms with Gasteiger partial charge < -0.3 is 10.2 Å². The highest BCUT2D eigenvalue weighted by Gasteiger charge is 2.25. The van der Waals surface area contributed by atoms with Crippen LogP contribution >= 0.6 is 11.6 Å².